The van der Waals surface area contributed by atoms with Crippen molar-refractivity contribution in [1.29, 1.82) is 0 Å². The summed E-state index contributed by atoms with van der Waals surface area (Å²) in [5.41, 5.74) is 0.729. The van der Waals surface area contributed by atoms with Crippen LogP contribution >= 0.6 is 24.0 Å². The largest absolute Gasteiger partial charge is 0.504 e. The molecule has 3 N–H and O–H groups in total. The van der Waals surface area contributed by atoms with Crippen LogP contribution in [0.15, 0.2) is 47.7 Å². The molecule has 0 radical (unpaired) electrons. The number of phenolic OH excluding ortho intramolecular Hbond substituents is 1. The molecule has 132 valence electrons. The van der Waals surface area contributed by atoms with Crippen LogP contribution in [0, 0.1) is 0 Å². The second kappa shape index (κ2) is 10.8. The van der Waals surface area contributed by atoms with Gasteiger partial charge in [0.25, 0.3) is 0 Å². The van der Waals surface area contributed by atoms with E-state index in [1.165, 1.54) is 7.11 Å². The standard InChI is InChI=1S/C17H24N4O2.HI/c1-3-18-17(19-9-12-21-10-4-5-11-21)20-13-14-7-6-8-15(23-2)16(14)22;/h4-8,10-11,22H,3,9,12-13H2,1-2H3,(H2,18,19,20);1H. The molecule has 0 fully saturated rings. The zero-order valence-electron chi connectivity index (χ0n) is 14.0. The lowest BCUT2D eigenvalue weighted by molar-refractivity contribution is 0.370. The molecular formula is C17H25IN4O2. The van der Waals surface area contributed by atoms with Crippen molar-refractivity contribution in [3.63, 3.8) is 0 Å². The molecule has 0 unspecified atom stereocenters. The normalized spacial score (nSPS) is 10.8. The van der Waals surface area contributed by atoms with E-state index in [0.717, 1.165) is 31.2 Å². The van der Waals surface area contributed by atoms with Crippen LogP contribution in [-0.2, 0) is 13.1 Å². The van der Waals surface area contributed by atoms with Crippen molar-refractivity contribution in [3.8, 4) is 11.5 Å². The van der Waals surface area contributed by atoms with Gasteiger partial charge in [0.1, 0.15) is 0 Å². The smallest absolute Gasteiger partial charge is 0.191 e. The van der Waals surface area contributed by atoms with E-state index in [1.54, 1.807) is 6.07 Å². The molecule has 0 spiro atoms. The molecule has 7 heteroatoms. The molecule has 6 nitrogen and oxygen atoms in total. The van der Waals surface area contributed by atoms with Crippen molar-refractivity contribution in [2.24, 2.45) is 4.99 Å². The molecule has 2 aromatic rings. The minimum absolute atomic E-state index is 0. The first-order chi connectivity index (χ1) is 11.2. The number of benzene rings is 1. The molecule has 1 aromatic carbocycles. The highest BCUT2D eigenvalue weighted by atomic mass is 127. The topological polar surface area (TPSA) is 70.8 Å². The number of ether oxygens (including phenoxy) is 1. The number of nitrogens with one attached hydrogen (secondary N) is 2. The summed E-state index contributed by atoms with van der Waals surface area (Å²) in [7, 11) is 1.54. The molecule has 0 bridgehead atoms. The summed E-state index contributed by atoms with van der Waals surface area (Å²) < 4.78 is 7.22. The highest BCUT2D eigenvalue weighted by Crippen LogP contribution is 2.29. The number of rotatable bonds is 7. The first kappa shape index (κ1) is 20.1. The lowest BCUT2D eigenvalue weighted by Crippen LogP contribution is -2.38. The number of nitrogens with zero attached hydrogens (tertiary/aromatic N) is 2. The molecule has 0 saturated heterocycles. The maximum atomic E-state index is 10.1. The van der Waals surface area contributed by atoms with Gasteiger partial charge in [-0.25, -0.2) is 4.99 Å². The average Bonchev–Trinajstić information content (AvgIpc) is 3.07. The predicted molar refractivity (Wildman–Crippen MR) is 107 cm³/mol. The quantitative estimate of drug-likeness (QED) is 0.349. The van der Waals surface area contributed by atoms with Crippen LogP contribution in [0.2, 0.25) is 0 Å². The van der Waals surface area contributed by atoms with Gasteiger partial charge in [0, 0.05) is 37.6 Å². The predicted octanol–water partition coefficient (Wildman–Crippen LogP) is 2.58. The summed E-state index contributed by atoms with van der Waals surface area (Å²) >= 11 is 0. The molecular weight excluding hydrogens is 419 g/mol. The summed E-state index contributed by atoms with van der Waals surface area (Å²) in [6, 6.07) is 9.42. The molecule has 2 rings (SSSR count). The Kier molecular flexibility index (Phi) is 9.06. The molecule has 24 heavy (non-hydrogen) atoms. The van der Waals surface area contributed by atoms with Crippen LogP contribution in [0.1, 0.15) is 12.5 Å². The molecule has 1 aromatic heterocycles. The minimum Gasteiger partial charge on any atom is -0.504 e. The summed E-state index contributed by atoms with van der Waals surface area (Å²) in [6.07, 6.45) is 4.06. The number of hydrogen-bond donors (Lipinski definition) is 3. The SMILES string of the molecule is CCNC(=NCc1cccc(OC)c1O)NCCn1cccc1.I. The van der Waals surface area contributed by atoms with Gasteiger partial charge in [-0.2, -0.15) is 0 Å². The van der Waals surface area contributed by atoms with Crippen LogP contribution in [0.25, 0.3) is 0 Å². The number of halogens is 1. The van der Waals surface area contributed by atoms with Crippen LogP contribution in [0.3, 0.4) is 0 Å². The first-order valence-electron chi connectivity index (χ1n) is 7.72. The zero-order chi connectivity index (χ0) is 16.5. The van der Waals surface area contributed by atoms with Crippen molar-refractivity contribution in [2.75, 3.05) is 20.2 Å². The van der Waals surface area contributed by atoms with Gasteiger partial charge in [0.2, 0.25) is 0 Å². The van der Waals surface area contributed by atoms with Gasteiger partial charge < -0.3 is 25.0 Å². The first-order valence-corrected chi connectivity index (χ1v) is 7.72. The van der Waals surface area contributed by atoms with Crippen molar-refractivity contribution in [2.45, 2.75) is 20.0 Å². The highest BCUT2D eigenvalue weighted by Gasteiger charge is 2.07. The molecule has 0 amide bonds. The van der Waals surface area contributed by atoms with Crippen molar-refractivity contribution in [1.82, 2.24) is 15.2 Å². The monoisotopic (exact) mass is 444 g/mol. The number of aromatic hydroxyl groups is 1. The summed E-state index contributed by atoms with van der Waals surface area (Å²) in [5, 5.41) is 16.6. The van der Waals surface area contributed by atoms with Crippen molar-refractivity contribution >= 4 is 29.9 Å². The minimum atomic E-state index is 0. The Morgan fingerprint density at radius 2 is 1.96 bits per heavy atom. The molecule has 0 aliphatic rings. The Hall–Kier alpha value is -1.90. The highest BCUT2D eigenvalue weighted by molar-refractivity contribution is 14.0. The third-order valence-electron chi connectivity index (χ3n) is 3.38. The Bertz CT molecular complexity index is 630. The fourth-order valence-corrected chi connectivity index (χ4v) is 2.19. The van der Waals surface area contributed by atoms with Gasteiger partial charge in [-0.05, 0) is 25.1 Å². The van der Waals surface area contributed by atoms with Crippen LogP contribution < -0.4 is 15.4 Å². The lowest BCUT2D eigenvalue weighted by atomic mass is 10.2. The lowest BCUT2D eigenvalue weighted by Gasteiger charge is -2.12. The summed E-state index contributed by atoms with van der Waals surface area (Å²) in [6.45, 7) is 4.81. The Labute approximate surface area is 160 Å². The second-order valence-corrected chi connectivity index (χ2v) is 5.01. The van der Waals surface area contributed by atoms with Gasteiger partial charge in [0.15, 0.2) is 17.5 Å². The van der Waals surface area contributed by atoms with Gasteiger partial charge in [-0.1, -0.05) is 12.1 Å². The number of para-hydroxylation sites is 1. The van der Waals surface area contributed by atoms with Gasteiger partial charge in [-0.3, -0.25) is 0 Å². The average molecular weight is 444 g/mol. The fraction of sp³-hybridized carbons (Fsp3) is 0.353. The van der Waals surface area contributed by atoms with Crippen molar-refractivity contribution in [3.05, 3.63) is 48.3 Å². The van der Waals surface area contributed by atoms with Gasteiger partial charge in [-0.15, -0.1) is 24.0 Å². The van der Waals surface area contributed by atoms with E-state index in [4.69, 9.17) is 4.74 Å². The second-order valence-electron chi connectivity index (χ2n) is 5.01. The van der Waals surface area contributed by atoms with E-state index in [1.807, 2.05) is 43.6 Å². The molecule has 0 aliphatic carbocycles. The summed E-state index contributed by atoms with van der Waals surface area (Å²) in [4.78, 5) is 4.51. The van der Waals surface area contributed by atoms with Crippen LogP contribution in [0.4, 0.5) is 0 Å². The summed E-state index contributed by atoms with van der Waals surface area (Å²) in [5.74, 6) is 1.33. The van der Waals surface area contributed by atoms with E-state index in [-0.39, 0.29) is 29.7 Å². The van der Waals surface area contributed by atoms with E-state index >= 15 is 0 Å². The maximum absolute atomic E-state index is 10.1. The number of hydrogen-bond acceptors (Lipinski definition) is 3. The molecule has 0 atom stereocenters. The maximum Gasteiger partial charge on any atom is 0.191 e. The van der Waals surface area contributed by atoms with Crippen molar-refractivity contribution < 1.29 is 9.84 Å². The third kappa shape index (κ3) is 5.95. The molecule has 1 heterocycles. The fourth-order valence-electron chi connectivity index (χ4n) is 2.19. The molecule has 0 aliphatic heterocycles. The van der Waals surface area contributed by atoms with Crippen LogP contribution in [-0.4, -0.2) is 35.8 Å². The van der Waals surface area contributed by atoms with E-state index < -0.39 is 0 Å². The van der Waals surface area contributed by atoms with E-state index in [0.29, 0.717) is 12.3 Å². The number of aliphatic imine (C=N–C) groups is 1. The van der Waals surface area contributed by atoms with Gasteiger partial charge >= 0.3 is 0 Å². The number of aromatic nitrogens is 1. The van der Waals surface area contributed by atoms with E-state index in [2.05, 4.69) is 20.2 Å². The van der Waals surface area contributed by atoms with Gasteiger partial charge in [0.05, 0.1) is 13.7 Å². The molecule has 0 saturated carbocycles. The van der Waals surface area contributed by atoms with E-state index in [9.17, 15) is 5.11 Å². The zero-order valence-corrected chi connectivity index (χ0v) is 16.4. The number of methoxy groups -OCH3 is 1. The Morgan fingerprint density at radius 1 is 1.21 bits per heavy atom. The number of guanidine groups is 1. The third-order valence-corrected chi connectivity index (χ3v) is 3.38. The van der Waals surface area contributed by atoms with Crippen LogP contribution in [0.5, 0.6) is 11.5 Å². The Morgan fingerprint density at radius 3 is 2.62 bits per heavy atom. The number of phenols is 1. The Balaban J connectivity index is 0.00000288.